The number of piperidine rings is 1. The highest BCUT2D eigenvalue weighted by atomic mass is 32.1. The molecule has 152 valence electrons. The monoisotopic (exact) mass is 407 g/mol. The van der Waals surface area contributed by atoms with Crippen LogP contribution in [0, 0.1) is 5.92 Å². The van der Waals surface area contributed by atoms with Crippen LogP contribution in [0.3, 0.4) is 0 Å². The Morgan fingerprint density at radius 1 is 1.17 bits per heavy atom. The SMILES string of the molecule is CC1CCN(Cc2ccc3nc(NC(=O)c4ccc(C(C)C)cc4)sc3c2)CC1. The first-order chi connectivity index (χ1) is 14.0. The summed E-state index contributed by atoms with van der Waals surface area (Å²) in [5.74, 6) is 1.20. The van der Waals surface area contributed by atoms with Gasteiger partial charge in [0.1, 0.15) is 0 Å². The van der Waals surface area contributed by atoms with Crippen molar-refractivity contribution in [1.29, 1.82) is 0 Å². The molecule has 0 saturated carbocycles. The fourth-order valence-electron chi connectivity index (χ4n) is 3.79. The minimum Gasteiger partial charge on any atom is -0.299 e. The van der Waals surface area contributed by atoms with E-state index in [9.17, 15) is 4.79 Å². The summed E-state index contributed by atoms with van der Waals surface area (Å²) in [4.78, 5) is 19.7. The average Bonchev–Trinajstić information content (AvgIpc) is 3.11. The van der Waals surface area contributed by atoms with E-state index in [0.717, 1.165) is 22.7 Å². The van der Waals surface area contributed by atoms with Gasteiger partial charge in [-0.1, -0.05) is 50.3 Å². The molecule has 0 radical (unpaired) electrons. The van der Waals surface area contributed by atoms with Gasteiger partial charge in [-0.15, -0.1) is 0 Å². The molecule has 1 amide bonds. The van der Waals surface area contributed by atoms with Gasteiger partial charge in [-0.2, -0.15) is 0 Å². The van der Waals surface area contributed by atoms with E-state index in [-0.39, 0.29) is 5.91 Å². The summed E-state index contributed by atoms with van der Waals surface area (Å²) in [6, 6.07) is 14.3. The molecule has 0 unspecified atom stereocenters. The molecular weight excluding hydrogens is 378 g/mol. The standard InChI is InChI=1S/C24H29N3OS/c1-16(2)19-5-7-20(8-6-19)23(28)26-24-25-21-9-4-18(14-22(21)29-24)15-27-12-10-17(3)11-13-27/h4-9,14,16-17H,10-13,15H2,1-3H3,(H,25,26,28). The van der Waals surface area contributed by atoms with Crippen molar-refractivity contribution < 1.29 is 4.79 Å². The lowest BCUT2D eigenvalue weighted by Crippen LogP contribution is -2.32. The molecule has 29 heavy (non-hydrogen) atoms. The van der Waals surface area contributed by atoms with Crippen LogP contribution in [0.1, 0.15) is 61.0 Å². The van der Waals surface area contributed by atoms with E-state index in [4.69, 9.17) is 0 Å². The van der Waals surface area contributed by atoms with Gasteiger partial charge in [0.05, 0.1) is 10.2 Å². The number of carbonyl (C=O) groups is 1. The Hall–Kier alpha value is -2.24. The summed E-state index contributed by atoms with van der Waals surface area (Å²) in [5, 5.41) is 3.61. The van der Waals surface area contributed by atoms with Gasteiger partial charge in [0, 0.05) is 12.1 Å². The Balaban J connectivity index is 1.43. The lowest BCUT2D eigenvalue weighted by atomic mass is 9.99. The first-order valence-electron chi connectivity index (χ1n) is 10.5. The van der Waals surface area contributed by atoms with Crippen molar-refractivity contribution in [3.63, 3.8) is 0 Å². The van der Waals surface area contributed by atoms with Crippen molar-refractivity contribution in [2.45, 2.75) is 46.1 Å². The molecule has 1 aliphatic rings. The van der Waals surface area contributed by atoms with E-state index < -0.39 is 0 Å². The van der Waals surface area contributed by atoms with Gasteiger partial charge in [-0.05, 0) is 73.2 Å². The molecular formula is C24H29N3OS. The molecule has 0 atom stereocenters. The van der Waals surface area contributed by atoms with Crippen LogP contribution >= 0.6 is 11.3 Å². The summed E-state index contributed by atoms with van der Waals surface area (Å²) in [6.07, 6.45) is 2.58. The molecule has 1 fully saturated rings. The minimum atomic E-state index is -0.109. The topological polar surface area (TPSA) is 45.2 Å². The molecule has 2 heterocycles. The molecule has 5 heteroatoms. The molecule has 0 aliphatic carbocycles. The van der Waals surface area contributed by atoms with E-state index in [2.05, 4.69) is 54.2 Å². The van der Waals surface area contributed by atoms with Gasteiger partial charge >= 0.3 is 0 Å². The molecule has 1 N–H and O–H groups in total. The maximum atomic E-state index is 12.6. The second-order valence-corrected chi connectivity index (χ2v) is 9.54. The molecule has 1 aromatic heterocycles. The van der Waals surface area contributed by atoms with E-state index >= 15 is 0 Å². The minimum absolute atomic E-state index is 0.109. The predicted octanol–water partition coefficient (Wildman–Crippen LogP) is 5.90. The highest BCUT2D eigenvalue weighted by molar-refractivity contribution is 7.22. The summed E-state index contributed by atoms with van der Waals surface area (Å²) in [6.45, 7) is 9.99. The van der Waals surface area contributed by atoms with Crippen LogP contribution in [0.25, 0.3) is 10.2 Å². The predicted molar refractivity (Wildman–Crippen MR) is 122 cm³/mol. The third kappa shape index (κ3) is 4.85. The van der Waals surface area contributed by atoms with Gasteiger partial charge < -0.3 is 0 Å². The Morgan fingerprint density at radius 3 is 2.59 bits per heavy atom. The van der Waals surface area contributed by atoms with Crippen LogP contribution in [0.15, 0.2) is 42.5 Å². The molecule has 4 rings (SSSR count). The lowest BCUT2D eigenvalue weighted by molar-refractivity contribution is 0.102. The first kappa shape index (κ1) is 20.0. The Labute approximate surface area is 177 Å². The average molecular weight is 408 g/mol. The van der Waals surface area contributed by atoms with Crippen LogP contribution in [-0.2, 0) is 6.54 Å². The van der Waals surface area contributed by atoms with Crippen LogP contribution in [0.2, 0.25) is 0 Å². The number of nitrogens with one attached hydrogen (secondary N) is 1. The fourth-order valence-corrected chi connectivity index (χ4v) is 4.71. The number of anilines is 1. The van der Waals surface area contributed by atoms with Crippen molar-refractivity contribution in [2.24, 2.45) is 5.92 Å². The number of thiazole rings is 1. The number of rotatable bonds is 5. The van der Waals surface area contributed by atoms with E-state index in [0.29, 0.717) is 16.6 Å². The van der Waals surface area contributed by atoms with Gasteiger partial charge in [0.2, 0.25) is 0 Å². The number of likely N-dealkylation sites (tertiary alicyclic amines) is 1. The van der Waals surface area contributed by atoms with Gasteiger partial charge in [0.25, 0.3) is 5.91 Å². The number of amides is 1. The third-order valence-electron chi connectivity index (χ3n) is 5.80. The smallest absolute Gasteiger partial charge is 0.257 e. The molecule has 2 aromatic carbocycles. The number of carbonyl (C=O) groups excluding carboxylic acids is 1. The number of aromatic nitrogens is 1. The first-order valence-corrected chi connectivity index (χ1v) is 11.3. The fraction of sp³-hybridized carbons (Fsp3) is 0.417. The van der Waals surface area contributed by atoms with E-state index in [1.807, 2.05) is 24.3 Å². The molecule has 3 aromatic rings. The Bertz CT molecular complexity index is 985. The number of fused-ring (bicyclic) bond motifs is 1. The second kappa shape index (κ2) is 8.64. The summed E-state index contributed by atoms with van der Waals surface area (Å²) in [5.41, 5.74) is 4.15. The largest absolute Gasteiger partial charge is 0.299 e. The Kier molecular flexibility index (Phi) is 5.97. The zero-order chi connectivity index (χ0) is 20.4. The summed E-state index contributed by atoms with van der Waals surface area (Å²) >= 11 is 1.54. The highest BCUT2D eigenvalue weighted by Gasteiger charge is 2.16. The maximum Gasteiger partial charge on any atom is 0.257 e. The van der Waals surface area contributed by atoms with Crippen molar-refractivity contribution >= 4 is 32.6 Å². The zero-order valence-corrected chi connectivity index (χ0v) is 18.3. The summed E-state index contributed by atoms with van der Waals surface area (Å²) < 4.78 is 1.12. The van der Waals surface area contributed by atoms with Gasteiger partial charge in [-0.3, -0.25) is 15.0 Å². The number of benzene rings is 2. The highest BCUT2D eigenvalue weighted by Crippen LogP contribution is 2.28. The van der Waals surface area contributed by atoms with E-state index in [1.165, 1.54) is 37.1 Å². The van der Waals surface area contributed by atoms with Gasteiger partial charge in [0.15, 0.2) is 5.13 Å². The van der Waals surface area contributed by atoms with Gasteiger partial charge in [-0.25, -0.2) is 4.98 Å². The van der Waals surface area contributed by atoms with Crippen LogP contribution in [-0.4, -0.2) is 28.9 Å². The summed E-state index contributed by atoms with van der Waals surface area (Å²) in [7, 11) is 0. The number of hydrogen-bond acceptors (Lipinski definition) is 4. The normalized spacial score (nSPS) is 15.9. The molecule has 4 nitrogen and oxygen atoms in total. The Morgan fingerprint density at radius 2 is 1.90 bits per heavy atom. The molecule has 1 aliphatic heterocycles. The zero-order valence-electron chi connectivity index (χ0n) is 17.4. The maximum absolute atomic E-state index is 12.6. The van der Waals surface area contributed by atoms with Crippen molar-refractivity contribution in [3.8, 4) is 0 Å². The molecule has 1 saturated heterocycles. The van der Waals surface area contributed by atoms with Crippen molar-refractivity contribution in [3.05, 3.63) is 59.2 Å². The van der Waals surface area contributed by atoms with Crippen LogP contribution < -0.4 is 5.32 Å². The molecule has 0 bridgehead atoms. The van der Waals surface area contributed by atoms with E-state index in [1.54, 1.807) is 11.3 Å². The second-order valence-electron chi connectivity index (χ2n) is 8.51. The third-order valence-corrected chi connectivity index (χ3v) is 6.73. The van der Waals surface area contributed by atoms with Crippen molar-refractivity contribution in [2.75, 3.05) is 18.4 Å². The van der Waals surface area contributed by atoms with Crippen LogP contribution in [0.5, 0.6) is 0 Å². The van der Waals surface area contributed by atoms with Crippen molar-refractivity contribution in [1.82, 2.24) is 9.88 Å². The quantitative estimate of drug-likeness (QED) is 0.572. The lowest BCUT2D eigenvalue weighted by Gasteiger charge is -2.30. The molecule has 0 spiro atoms. The number of hydrogen-bond donors (Lipinski definition) is 1. The number of nitrogens with zero attached hydrogens (tertiary/aromatic N) is 2. The van der Waals surface area contributed by atoms with Crippen LogP contribution in [0.4, 0.5) is 5.13 Å².